The average Bonchev–Trinajstić information content (AvgIpc) is 2.92. The molecule has 1 N–H and O–H groups in total. The Morgan fingerprint density at radius 2 is 1.89 bits per heavy atom. The lowest BCUT2D eigenvalue weighted by molar-refractivity contribution is -0.143. The van der Waals surface area contributed by atoms with E-state index < -0.39 is 23.7 Å². The number of carboxylic acids is 1. The highest BCUT2D eigenvalue weighted by molar-refractivity contribution is 5.81. The Morgan fingerprint density at radius 1 is 1.26 bits per heavy atom. The second kappa shape index (κ2) is 5.02. The topological polar surface area (TPSA) is 66.8 Å². The summed E-state index contributed by atoms with van der Waals surface area (Å²) in [5.74, 6) is -0.156. The minimum absolute atomic E-state index is 0.0810. The summed E-state index contributed by atoms with van der Waals surface area (Å²) in [5.41, 5.74) is -0.589. The van der Waals surface area contributed by atoms with Crippen LogP contribution in [0.3, 0.4) is 0 Å². The van der Waals surface area contributed by atoms with Gasteiger partial charge in [-0.2, -0.15) is 0 Å². The van der Waals surface area contributed by atoms with Crippen LogP contribution in [0.25, 0.3) is 0 Å². The largest absolute Gasteiger partial charge is 0.480 e. The molecule has 1 saturated carbocycles. The summed E-state index contributed by atoms with van der Waals surface area (Å²) < 4.78 is 5.29. The molecule has 108 valence electrons. The van der Waals surface area contributed by atoms with Crippen molar-refractivity contribution in [3.05, 3.63) is 0 Å². The van der Waals surface area contributed by atoms with Gasteiger partial charge in [0, 0.05) is 6.54 Å². The van der Waals surface area contributed by atoms with Crippen molar-refractivity contribution in [1.82, 2.24) is 4.90 Å². The zero-order valence-electron chi connectivity index (χ0n) is 11.9. The molecular weight excluding hydrogens is 246 g/mol. The van der Waals surface area contributed by atoms with E-state index in [2.05, 4.69) is 0 Å². The molecule has 1 aliphatic carbocycles. The molecule has 2 fully saturated rings. The molecule has 1 saturated heterocycles. The standard InChI is InChI=1S/C14H23NO4/c1-14(2,3)19-13(18)15-7-6-10(8-9-4-5-9)11(15)12(16)17/h9-11H,4-8H2,1-3H3,(H,16,17). The van der Waals surface area contributed by atoms with E-state index in [-0.39, 0.29) is 5.92 Å². The molecule has 2 atom stereocenters. The molecule has 0 aromatic carbocycles. The Morgan fingerprint density at radius 3 is 2.37 bits per heavy atom. The molecule has 1 aliphatic heterocycles. The van der Waals surface area contributed by atoms with Crippen LogP contribution in [0.5, 0.6) is 0 Å². The number of hydrogen-bond donors (Lipinski definition) is 1. The molecule has 1 heterocycles. The molecule has 0 spiro atoms. The lowest BCUT2D eigenvalue weighted by Crippen LogP contribution is -2.45. The average molecular weight is 269 g/mol. The predicted molar refractivity (Wildman–Crippen MR) is 69.8 cm³/mol. The number of amides is 1. The van der Waals surface area contributed by atoms with Gasteiger partial charge in [-0.1, -0.05) is 12.8 Å². The third-order valence-electron chi connectivity index (χ3n) is 3.74. The summed E-state index contributed by atoms with van der Waals surface area (Å²) >= 11 is 0. The SMILES string of the molecule is CC(C)(C)OC(=O)N1CCC(CC2CC2)C1C(=O)O. The van der Waals surface area contributed by atoms with Crippen molar-refractivity contribution in [2.75, 3.05) is 6.54 Å². The Hall–Kier alpha value is -1.26. The molecule has 2 aliphatic rings. The predicted octanol–water partition coefficient (Wildman–Crippen LogP) is 2.50. The van der Waals surface area contributed by atoms with Crippen molar-refractivity contribution in [1.29, 1.82) is 0 Å². The van der Waals surface area contributed by atoms with Gasteiger partial charge in [-0.25, -0.2) is 9.59 Å². The summed E-state index contributed by atoms with van der Waals surface area (Å²) in [4.78, 5) is 24.9. The van der Waals surface area contributed by atoms with Crippen molar-refractivity contribution in [3.8, 4) is 0 Å². The second-order valence-electron chi connectivity index (χ2n) is 6.68. The van der Waals surface area contributed by atoms with Gasteiger partial charge >= 0.3 is 12.1 Å². The van der Waals surface area contributed by atoms with Crippen molar-refractivity contribution < 1.29 is 19.4 Å². The van der Waals surface area contributed by atoms with Crippen molar-refractivity contribution in [2.24, 2.45) is 11.8 Å². The fourth-order valence-electron chi connectivity index (χ4n) is 2.75. The van der Waals surface area contributed by atoms with Gasteiger partial charge in [-0.15, -0.1) is 0 Å². The van der Waals surface area contributed by atoms with Gasteiger partial charge < -0.3 is 9.84 Å². The van der Waals surface area contributed by atoms with E-state index in [9.17, 15) is 14.7 Å². The lowest BCUT2D eigenvalue weighted by Gasteiger charge is -2.28. The van der Waals surface area contributed by atoms with E-state index in [0.717, 1.165) is 12.8 Å². The molecule has 0 bridgehead atoms. The Kier molecular flexibility index (Phi) is 3.74. The fourth-order valence-corrected chi connectivity index (χ4v) is 2.75. The van der Waals surface area contributed by atoms with E-state index in [1.54, 1.807) is 20.8 Å². The minimum atomic E-state index is -0.908. The van der Waals surface area contributed by atoms with Crippen LogP contribution in [0.2, 0.25) is 0 Å². The first-order valence-corrected chi connectivity index (χ1v) is 7.00. The second-order valence-corrected chi connectivity index (χ2v) is 6.68. The molecule has 0 aromatic heterocycles. The Bertz CT molecular complexity index is 370. The van der Waals surface area contributed by atoms with Gasteiger partial charge in [-0.3, -0.25) is 4.90 Å². The molecule has 2 unspecified atom stereocenters. The molecule has 19 heavy (non-hydrogen) atoms. The van der Waals surface area contributed by atoms with Gasteiger partial charge in [0.05, 0.1) is 0 Å². The summed E-state index contributed by atoms with van der Waals surface area (Å²) in [6, 6.07) is -0.713. The maximum atomic E-state index is 12.1. The monoisotopic (exact) mass is 269 g/mol. The van der Waals surface area contributed by atoms with E-state index in [1.165, 1.54) is 17.7 Å². The van der Waals surface area contributed by atoms with Crippen LogP contribution in [0.1, 0.15) is 46.5 Å². The molecule has 0 radical (unpaired) electrons. The minimum Gasteiger partial charge on any atom is -0.480 e. The van der Waals surface area contributed by atoms with Gasteiger partial charge in [0.15, 0.2) is 0 Å². The zero-order valence-corrected chi connectivity index (χ0v) is 11.9. The number of rotatable bonds is 3. The molecule has 0 aromatic rings. The van der Waals surface area contributed by atoms with Crippen molar-refractivity contribution in [3.63, 3.8) is 0 Å². The first kappa shape index (κ1) is 14.2. The first-order chi connectivity index (χ1) is 8.78. The highest BCUT2D eigenvalue weighted by Gasteiger charge is 2.45. The summed E-state index contributed by atoms with van der Waals surface area (Å²) in [6.45, 7) is 5.86. The van der Waals surface area contributed by atoms with Crippen LogP contribution >= 0.6 is 0 Å². The number of carboxylic acid groups (broad SMARTS) is 1. The lowest BCUT2D eigenvalue weighted by atomic mass is 9.94. The van der Waals surface area contributed by atoms with Crippen molar-refractivity contribution >= 4 is 12.1 Å². The number of ether oxygens (including phenoxy) is 1. The van der Waals surface area contributed by atoms with Crippen LogP contribution < -0.4 is 0 Å². The Balaban J connectivity index is 2.02. The summed E-state index contributed by atoms with van der Waals surface area (Å²) in [5, 5.41) is 9.39. The highest BCUT2D eigenvalue weighted by Crippen LogP contribution is 2.40. The number of nitrogens with zero attached hydrogens (tertiary/aromatic N) is 1. The summed E-state index contributed by atoms with van der Waals surface area (Å²) in [6.07, 6.45) is 3.60. The third kappa shape index (κ3) is 3.61. The third-order valence-corrected chi connectivity index (χ3v) is 3.74. The maximum absolute atomic E-state index is 12.1. The van der Waals surface area contributed by atoms with E-state index in [0.29, 0.717) is 12.5 Å². The van der Waals surface area contributed by atoms with Gasteiger partial charge in [0.1, 0.15) is 11.6 Å². The fraction of sp³-hybridized carbons (Fsp3) is 0.857. The van der Waals surface area contributed by atoms with Crippen molar-refractivity contribution in [2.45, 2.75) is 58.1 Å². The van der Waals surface area contributed by atoms with Gasteiger partial charge in [0.2, 0.25) is 0 Å². The number of hydrogen-bond acceptors (Lipinski definition) is 3. The molecule has 5 heteroatoms. The Labute approximate surface area is 113 Å². The van der Waals surface area contributed by atoms with Crippen LogP contribution in [0, 0.1) is 11.8 Å². The number of aliphatic carboxylic acids is 1. The van der Waals surface area contributed by atoms with Crippen LogP contribution in [-0.2, 0) is 9.53 Å². The van der Waals surface area contributed by atoms with Crippen LogP contribution in [-0.4, -0.2) is 40.3 Å². The quantitative estimate of drug-likeness (QED) is 0.854. The van der Waals surface area contributed by atoms with Crippen LogP contribution in [0.15, 0.2) is 0 Å². The zero-order chi connectivity index (χ0) is 14.2. The highest BCUT2D eigenvalue weighted by atomic mass is 16.6. The molecular formula is C14H23NO4. The van der Waals surface area contributed by atoms with E-state index in [1.807, 2.05) is 0 Å². The number of likely N-dealkylation sites (tertiary alicyclic amines) is 1. The number of carbonyl (C=O) groups is 2. The normalized spacial score (nSPS) is 27.4. The number of carbonyl (C=O) groups excluding carboxylic acids is 1. The van der Waals surface area contributed by atoms with E-state index >= 15 is 0 Å². The first-order valence-electron chi connectivity index (χ1n) is 7.00. The smallest absolute Gasteiger partial charge is 0.411 e. The van der Waals surface area contributed by atoms with Gasteiger partial charge in [0.25, 0.3) is 0 Å². The molecule has 5 nitrogen and oxygen atoms in total. The van der Waals surface area contributed by atoms with Crippen LogP contribution in [0.4, 0.5) is 4.79 Å². The molecule has 2 rings (SSSR count). The van der Waals surface area contributed by atoms with E-state index in [4.69, 9.17) is 4.74 Å². The van der Waals surface area contributed by atoms with Gasteiger partial charge in [-0.05, 0) is 45.4 Å². The maximum Gasteiger partial charge on any atom is 0.411 e. The summed E-state index contributed by atoms with van der Waals surface area (Å²) in [7, 11) is 0. The molecule has 1 amide bonds.